The summed E-state index contributed by atoms with van der Waals surface area (Å²) in [5.41, 5.74) is 1.57. The Balaban J connectivity index is 0.00000144. The molecule has 1 unspecified atom stereocenters. The van der Waals surface area contributed by atoms with Gasteiger partial charge in [0, 0.05) is 18.5 Å². The number of aromatic nitrogens is 1. The molecule has 132 valence electrons. The third kappa shape index (κ3) is 4.57. The number of benzene rings is 1. The van der Waals surface area contributed by atoms with Crippen LogP contribution in [0.15, 0.2) is 18.2 Å². The number of carbonyl (C=O) groups excluding carboxylic acids is 2. The number of amides is 2. The molecule has 2 amide bonds. The zero-order valence-electron chi connectivity index (χ0n) is 13.3. The van der Waals surface area contributed by atoms with Crippen molar-refractivity contribution in [1.29, 1.82) is 0 Å². The first-order chi connectivity index (χ1) is 10.5. The summed E-state index contributed by atoms with van der Waals surface area (Å²) in [7, 11) is 0. The molecule has 6 nitrogen and oxygen atoms in total. The second kappa shape index (κ2) is 8.62. The molecule has 0 bridgehead atoms. The van der Waals surface area contributed by atoms with Crippen molar-refractivity contribution in [1.82, 2.24) is 10.3 Å². The minimum atomic E-state index is -0.143. The van der Waals surface area contributed by atoms with Gasteiger partial charge in [-0.2, -0.15) is 0 Å². The van der Waals surface area contributed by atoms with Crippen molar-refractivity contribution in [3.05, 3.63) is 18.2 Å². The Morgan fingerprint density at radius 2 is 2.00 bits per heavy atom. The molecule has 0 aliphatic carbocycles. The molecule has 24 heavy (non-hydrogen) atoms. The van der Waals surface area contributed by atoms with Crippen LogP contribution in [0, 0.1) is 11.8 Å². The van der Waals surface area contributed by atoms with Crippen molar-refractivity contribution in [2.75, 3.05) is 23.7 Å². The summed E-state index contributed by atoms with van der Waals surface area (Å²) in [6.07, 6.45) is 0. The smallest absolute Gasteiger partial charge is 0.227 e. The Bertz CT molecular complexity index is 733. The maximum Gasteiger partial charge on any atom is 0.227 e. The third-order valence-electron chi connectivity index (χ3n) is 3.87. The Labute approximate surface area is 156 Å². The SMILES string of the molecule is CC(=O)Nc1nc2ccc(NC(=O)C(C)C3CNC3)cc2s1.Cl.Cl. The number of nitrogens with zero attached hydrogens (tertiary/aromatic N) is 1. The van der Waals surface area contributed by atoms with Gasteiger partial charge in [0.15, 0.2) is 5.13 Å². The fourth-order valence-corrected chi connectivity index (χ4v) is 3.29. The molecule has 1 aromatic heterocycles. The van der Waals surface area contributed by atoms with Gasteiger partial charge >= 0.3 is 0 Å². The topological polar surface area (TPSA) is 83.1 Å². The van der Waals surface area contributed by atoms with Crippen LogP contribution in [0.4, 0.5) is 10.8 Å². The first-order valence-corrected chi connectivity index (χ1v) is 8.04. The molecule has 1 saturated heterocycles. The van der Waals surface area contributed by atoms with Gasteiger partial charge in [-0.3, -0.25) is 9.59 Å². The summed E-state index contributed by atoms with van der Waals surface area (Å²) in [6.45, 7) is 5.22. The zero-order valence-corrected chi connectivity index (χ0v) is 15.7. The van der Waals surface area contributed by atoms with Crippen LogP contribution in [0.3, 0.4) is 0 Å². The van der Waals surface area contributed by atoms with Crippen LogP contribution in [-0.4, -0.2) is 29.9 Å². The summed E-state index contributed by atoms with van der Waals surface area (Å²) >= 11 is 1.39. The van der Waals surface area contributed by atoms with E-state index in [0.717, 1.165) is 29.0 Å². The summed E-state index contributed by atoms with van der Waals surface area (Å²) in [4.78, 5) is 27.6. The van der Waals surface area contributed by atoms with Crippen LogP contribution in [-0.2, 0) is 9.59 Å². The lowest BCUT2D eigenvalue weighted by molar-refractivity contribution is -0.121. The van der Waals surface area contributed by atoms with Crippen molar-refractivity contribution in [3.63, 3.8) is 0 Å². The molecule has 1 aliphatic rings. The van der Waals surface area contributed by atoms with Gasteiger partial charge in [-0.25, -0.2) is 4.98 Å². The minimum absolute atomic E-state index is 0. The van der Waals surface area contributed by atoms with Crippen molar-refractivity contribution in [2.45, 2.75) is 13.8 Å². The lowest BCUT2D eigenvalue weighted by Crippen LogP contribution is -2.48. The second-order valence-corrected chi connectivity index (χ2v) is 6.61. The Morgan fingerprint density at radius 3 is 2.58 bits per heavy atom. The molecule has 2 heterocycles. The molecule has 3 rings (SSSR count). The average molecular weight is 391 g/mol. The number of rotatable bonds is 4. The summed E-state index contributed by atoms with van der Waals surface area (Å²) in [5, 5.41) is 9.39. The lowest BCUT2D eigenvalue weighted by Gasteiger charge is -2.31. The van der Waals surface area contributed by atoms with E-state index in [4.69, 9.17) is 0 Å². The van der Waals surface area contributed by atoms with Gasteiger partial charge in [0.2, 0.25) is 11.8 Å². The average Bonchev–Trinajstić information content (AvgIpc) is 2.76. The van der Waals surface area contributed by atoms with Crippen LogP contribution in [0.1, 0.15) is 13.8 Å². The minimum Gasteiger partial charge on any atom is -0.326 e. The molecular weight excluding hydrogens is 371 g/mol. The number of anilines is 2. The monoisotopic (exact) mass is 390 g/mol. The Morgan fingerprint density at radius 1 is 1.29 bits per heavy atom. The van der Waals surface area contributed by atoms with Gasteiger partial charge in [0.1, 0.15) is 0 Å². The second-order valence-electron chi connectivity index (χ2n) is 5.58. The van der Waals surface area contributed by atoms with Crippen LogP contribution in [0.25, 0.3) is 10.2 Å². The number of fused-ring (bicyclic) bond motifs is 1. The zero-order chi connectivity index (χ0) is 15.7. The maximum atomic E-state index is 12.2. The van der Waals surface area contributed by atoms with Crippen LogP contribution in [0.5, 0.6) is 0 Å². The van der Waals surface area contributed by atoms with Crippen molar-refractivity contribution >= 4 is 69.0 Å². The van der Waals surface area contributed by atoms with E-state index < -0.39 is 0 Å². The number of hydrogen-bond acceptors (Lipinski definition) is 5. The van der Waals surface area contributed by atoms with Gasteiger partial charge in [-0.1, -0.05) is 18.3 Å². The molecule has 1 fully saturated rings. The van der Waals surface area contributed by atoms with Gasteiger partial charge in [-0.05, 0) is 37.2 Å². The van der Waals surface area contributed by atoms with E-state index in [1.165, 1.54) is 18.3 Å². The highest BCUT2D eigenvalue weighted by atomic mass is 35.5. The highest BCUT2D eigenvalue weighted by molar-refractivity contribution is 7.22. The van der Waals surface area contributed by atoms with Crippen LogP contribution < -0.4 is 16.0 Å². The van der Waals surface area contributed by atoms with Gasteiger partial charge in [0.25, 0.3) is 0 Å². The molecule has 1 aromatic carbocycles. The largest absolute Gasteiger partial charge is 0.326 e. The molecule has 2 aromatic rings. The standard InChI is InChI=1S/C15H18N4O2S.2ClH/c1-8(10-6-16-7-10)14(21)18-11-3-4-12-13(5-11)22-15(19-12)17-9(2)20;;/h3-5,8,10,16H,6-7H2,1-2H3,(H,18,21)(H,17,19,20);2*1H. The van der Waals surface area contributed by atoms with Gasteiger partial charge < -0.3 is 16.0 Å². The van der Waals surface area contributed by atoms with Crippen LogP contribution >= 0.6 is 36.2 Å². The number of hydrogen-bond donors (Lipinski definition) is 3. The maximum absolute atomic E-state index is 12.2. The van der Waals surface area contributed by atoms with E-state index in [9.17, 15) is 9.59 Å². The number of nitrogens with one attached hydrogen (secondary N) is 3. The summed E-state index contributed by atoms with van der Waals surface area (Å²) in [5.74, 6) is 0.305. The molecule has 0 saturated carbocycles. The molecular formula is C15H20Cl2N4O2S. The first-order valence-electron chi connectivity index (χ1n) is 7.22. The Hall–Kier alpha value is -1.41. The highest BCUT2D eigenvalue weighted by Gasteiger charge is 2.28. The van der Waals surface area contributed by atoms with Crippen molar-refractivity contribution in [3.8, 4) is 0 Å². The van der Waals surface area contributed by atoms with E-state index in [1.807, 2.05) is 25.1 Å². The molecule has 0 spiro atoms. The van der Waals surface area contributed by atoms with E-state index in [2.05, 4.69) is 20.9 Å². The lowest BCUT2D eigenvalue weighted by atomic mass is 9.88. The summed E-state index contributed by atoms with van der Waals surface area (Å²) < 4.78 is 0.930. The van der Waals surface area contributed by atoms with Crippen LogP contribution in [0.2, 0.25) is 0 Å². The van der Waals surface area contributed by atoms with Crippen molar-refractivity contribution < 1.29 is 9.59 Å². The van der Waals surface area contributed by atoms with E-state index in [0.29, 0.717) is 11.0 Å². The van der Waals surface area contributed by atoms with E-state index in [1.54, 1.807) is 0 Å². The number of halogens is 2. The molecule has 1 atom stereocenters. The fraction of sp³-hybridized carbons (Fsp3) is 0.400. The fourth-order valence-electron chi connectivity index (χ4n) is 2.34. The highest BCUT2D eigenvalue weighted by Crippen LogP contribution is 2.29. The van der Waals surface area contributed by atoms with E-state index in [-0.39, 0.29) is 42.5 Å². The molecule has 1 aliphatic heterocycles. The Kier molecular flexibility index (Phi) is 7.41. The molecule has 0 radical (unpaired) electrons. The van der Waals surface area contributed by atoms with Crippen molar-refractivity contribution in [2.24, 2.45) is 11.8 Å². The third-order valence-corrected chi connectivity index (χ3v) is 4.81. The predicted octanol–water partition coefficient (Wildman–Crippen LogP) is 2.89. The predicted molar refractivity (Wildman–Crippen MR) is 103 cm³/mol. The van der Waals surface area contributed by atoms with Gasteiger partial charge in [-0.15, -0.1) is 24.8 Å². The van der Waals surface area contributed by atoms with Gasteiger partial charge in [0.05, 0.1) is 10.2 Å². The normalized spacial score (nSPS) is 14.8. The molecule has 9 heteroatoms. The molecule has 3 N–H and O–H groups in total. The van der Waals surface area contributed by atoms with E-state index >= 15 is 0 Å². The number of thiazole rings is 1. The quantitative estimate of drug-likeness (QED) is 0.749. The first kappa shape index (κ1) is 20.6. The summed E-state index contributed by atoms with van der Waals surface area (Å²) in [6, 6.07) is 5.58. The number of carbonyl (C=O) groups is 2.